The summed E-state index contributed by atoms with van der Waals surface area (Å²) in [6, 6.07) is 10.2. The molecule has 4 rings (SSSR count). The number of phenolic OH excluding ortho intramolecular Hbond substituents is 1. The standard InChI is InChI=1S/C19H20FN3O3S/c1-27(25,26)22-8-6-13(7-9-22)14-2-5-18-15(10-14)12-21-23(18)16-3-4-17(20)19(24)11-16/h2-5,10-13,24H,6-9H2,1H3. The van der Waals surface area contributed by atoms with Crippen LogP contribution in [0.15, 0.2) is 42.6 Å². The van der Waals surface area contributed by atoms with Gasteiger partial charge in [0.2, 0.25) is 10.0 Å². The summed E-state index contributed by atoms with van der Waals surface area (Å²) in [5, 5.41) is 14.9. The van der Waals surface area contributed by atoms with Crippen LogP contribution >= 0.6 is 0 Å². The smallest absolute Gasteiger partial charge is 0.211 e. The molecule has 1 aromatic heterocycles. The minimum atomic E-state index is -3.13. The van der Waals surface area contributed by atoms with Gasteiger partial charge in [-0.1, -0.05) is 6.07 Å². The molecule has 1 saturated heterocycles. The lowest BCUT2D eigenvalue weighted by atomic mass is 9.90. The molecule has 0 unspecified atom stereocenters. The SMILES string of the molecule is CS(=O)(=O)N1CCC(c2ccc3c(cnn3-c3ccc(F)c(O)c3)c2)CC1. The van der Waals surface area contributed by atoms with Crippen LogP contribution in [0.1, 0.15) is 24.3 Å². The van der Waals surface area contributed by atoms with Crippen LogP contribution in [-0.2, 0) is 10.0 Å². The molecule has 0 bridgehead atoms. The highest BCUT2D eigenvalue weighted by molar-refractivity contribution is 7.88. The summed E-state index contributed by atoms with van der Waals surface area (Å²) in [4.78, 5) is 0. The predicted octanol–water partition coefficient (Wildman–Crippen LogP) is 3.01. The highest BCUT2D eigenvalue weighted by Crippen LogP contribution is 2.31. The van der Waals surface area contributed by atoms with Crippen LogP contribution in [-0.4, -0.2) is 47.0 Å². The Morgan fingerprint density at radius 3 is 2.56 bits per heavy atom. The van der Waals surface area contributed by atoms with Gasteiger partial charge in [0.25, 0.3) is 0 Å². The lowest BCUT2D eigenvalue weighted by Crippen LogP contribution is -2.37. The van der Waals surface area contributed by atoms with Crippen LogP contribution in [0.25, 0.3) is 16.6 Å². The van der Waals surface area contributed by atoms with Gasteiger partial charge >= 0.3 is 0 Å². The molecular formula is C19H20FN3O3S. The molecular weight excluding hydrogens is 369 g/mol. The summed E-state index contributed by atoms with van der Waals surface area (Å²) in [6.07, 6.45) is 4.57. The molecule has 8 heteroatoms. The fraction of sp³-hybridized carbons (Fsp3) is 0.316. The zero-order valence-electron chi connectivity index (χ0n) is 14.8. The molecule has 1 aliphatic heterocycles. The van der Waals surface area contributed by atoms with Gasteiger partial charge in [-0.25, -0.2) is 21.8 Å². The van der Waals surface area contributed by atoms with Gasteiger partial charge in [-0.05, 0) is 48.6 Å². The summed E-state index contributed by atoms with van der Waals surface area (Å²) >= 11 is 0. The van der Waals surface area contributed by atoms with Gasteiger partial charge < -0.3 is 5.11 Å². The molecule has 0 atom stereocenters. The number of halogens is 1. The number of aromatic hydroxyl groups is 1. The Morgan fingerprint density at radius 2 is 1.89 bits per heavy atom. The fourth-order valence-corrected chi connectivity index (χ4v) is 4.54. The number of sulfonamides is 1. The highest BCUT2D eigenvalue weighted by atomic mass is 32.2. The van der Waals surface area contributed by atoms with Crippen molar-refractivity contribution in [2.45, 2.75) is 18.8 Å². The van der Waals surface area contributed by atoms with E-state index in [0.29, 0.717) is 24.7 Å². The first-order valence-corrected chi connectivity index (χ1v) is 10.6. The molecule has 1 aliphatic rings. The average Bonchev–Trinajstić information content (AvgIpc) is 3.06. The Morgan fingerprint density at radius 1 is 1.15 bits per heavy atom. The molecule has 0 spiro atoms. The third kappa shape index (κ3) is 3.42. The highest BCUT2D eigenvalue weighted by Gasteiger charge is 2.26. The maximum Gasteiger partial charge on any atom is 0.211 e. The third-order valence-corrected chi connectivity index (χ3v) is 6.46. The first-order valence-electron chi connectivity index (χ1n) is 8.74. The lowest BCUT2D eigenvalue weighted by Gasteiger charge is -2.30. The monoisotopic (exact) mass is 389 g/mol. The van der Waals surface area contributed by atoms with Crippen molar-refractivity contribution in [3.63, 3.8) is 0 Å². The number of nitrogens with zero attached hydrogens (tertiary/aromatic N) is 3. The van der Waals surface area contributed by atoms with E-state index >= 15 is 0 Å². The van der Waals surface area contributed by atoms with Crippen molar-refractivity contribution in [2.75, 3.05) is 19.3 Å². The Balaban J connectivity index is 1.60. The van der Waals surface area contributed by atoms with Crippen molar-refractivity contribution >= 4 is 20.9 Å². The molecule has 27 heavy (non-hydrogen) atoms. The van der Waals surface area contributed by atoms with Gasteiger partial charge in [0.15, 0.2) is 11.6 Å². The molecule has 6 nitrogen and oxygen atoms in total. The van der Waals surface area contributed by atoms with Crippen molar-refractivity contribution in [1.29, 1.82) is 0 Å². The summed E-state index contributed by atoms with van der Waals surface area (Å²) in [6.45, 7) is 1.07. The molecule has 1 N–H and O–H groups in total. The van der Waals surface area contributed by atoms with Crippen LogP contribution in [0, 0.1) is 5.82 Å². The van der Waals surface area contributed by atoms with E-state index < -0.39 is 21.6 Å². The molecule has 2 aromatic carbocycles. The number of aromatic nitrogens is 2. The van der Waals surface area contributed by atoms with E-state index in [-0.39, 0.29) is 0 Å². The number of phenols is 1. The Hall–Kier alpha value is -2.45. The molecule has 3 aromatic rings. The Labute approximate surface area is 156 Å². The maximum absolute atomic E-state index is 13.3. The topological polar surface area (TPSA) is 75.4 Å². The van der Waals surface area contributed by atoms with Crippen LogP contribution in [0.5, 0.6) is 5.75 Å². The lowest BCUT2D eigenvalue weighted by molar-refractivity contribution is 0.321. The van der Waals surface area contributed by atoms with Gasteiger partial charge in [-0.3, -0.25) is 0 Å². The molecule has 0 amide bonds. The van der Waals surface area contributed by atoms with Crippen molar-refractivity contribution in [1.82, 2.24) is 14.1 Å². The quantitative estimate of drug-likeness (QED) is 0.747. The molecule has 0 saturated carbocycles. The van der Waals surface area contributed by atoms with E-state index in [1.165, 1.54) is 22.7 Å². The summed E-state index contributed by atoms with van der Waals surface area (Å²) in [5.74, 6) is -0.769. The Kier molecular flexibility index (Phi) is 4.39. The first-order chi connectivity index (χ1) is 12.8. The van der Waals surface area contributed by atoms with Crippen molar-refractivity contribution in [3.8, 4) is 11.4 Å². The van der Waals surface area contributed by atoms with E-state index in [2.05, 4.69) is 11.2 Å². The zero-order chi connectivity index (χ0) is 19.2. The largest absolute Gasteiger partial charge is 0.505 e. The van der Waals surface area contributed by atoms with Gasteiger partial charge in [0.05, 0.1) is 23.7 Å². The third-order valence-electron chi connectivity index (χ3n) is 5.16. The maximum atomic E-state index is 13.3. The Bertz CT molecular complexity index is 1100. The van der Waals surface area contributed by atoms with E-state index in [4.69, 9.17) is 0 Å². The van der Waals surface area contributed by atoms with E-state index in [1.807, 2.05) is 12.1 Å². The van der Waals surface area contributed by atoms with Crippen molar-refractivity contribution in [2.24, 2.45) is 0 Å². The average molecular weight is 389 g/mol. The second-order valence-corrected chi connectivity index (χ2v) is 8.93. The van der Waals surface area contributed by atoms with Crippen LogP contribution in [0.3, 0.4) is 0 Å². The van der Waals surface area contributed by atoms with Crippen LogP contribution in [0.2, 0.25) is 0 Å². The zero-order valence-corrected chi connectivity index (χ0v) is 15.7. The summed E-state index contributed by atoms with van der Waals surface area (Å²) in [7, 11) is -3.13. The van der Waals surface area contributed by atoms with E-state index in [0.717, 1.165) is 29.3 Å². The number of benzene rings is 2. The first kappa shape index (κ1) is 17.9. The van der Waals surface area contributed by atoms with Crippen molar-refractivity contribution in [3.05, 3.63) is 54.0 Å². The number of fused-ring (bicyclic) bond motifs is 1. The summed E-state index contributed by atoms with van der Waals surface area (Å²) in [5.41, 5.74) is 2.61. The van der Waals surface area contributed by atoms with Crippen LogP contribution < -0.4 is 0 Å². The van der Waals surface area contributed by atoms with E-state index in [1.54, 1.807) is 16.9 Å². The predicted molar refractivity (Wildman–Crippen MR) is 101 cm³/mol. The number of piperidine rings is 1. The van der Waals surface area contributed by atoms with Gasteiger partial charge in [-0.2, -0.15) is 5.10 Å². The van der Waals surface area contributed by atoms with E-state index in [9.17, 15) is 17.9 Å². The summed E-state index contributed by atoms with van der Waals surface area (Å²) < 4.78 is 39.8. The van der Waals surface area contributed by atoms with Crippen LogP contribution in [0.4, 0.5) is 4.39 Å². The molecule has 0 aliphatic carbocycles. The van der Waals surface area contributed by atoms with Gasteiger partial charge in [0.1, 0.15) is 0 Å². The fourth-order valence-electron chi connectivity index (χ4n) is 3.66. The molecule has 1 fully saturated rings. The second kappa shape index (κ2) is 6.61. The molecule has 142 valence electrons. The normalized spacial score (nSPS) is 16.8. The molecule has 2 heterocycles. The number of hydrogen-bond donors (Lipinski definition) is 1. The minimum absolute atomic E-state index is 0.311. The molecule has 0 radical (unpaired) electrons. The second-order valence-electron chi connectivity index (χ2n) is 6.95. The van der Waals surface area contributed by atoms with Gasteiger partial charge in [0, 0.05) is 24.5 Å². The van der Waals surface area contributed by atoms with Crippen molar-refractivity contribution < 1.29 is 17.9 Å². The number of rotatable bonds is 3. The number of hydrogen-bond acceptors (Lipinski definition) is 4. The van der Waals surface area contributed by atoms with Gasteiger partial charge in [-0.15, -0.1) is 0 Å². The minimum Gasteiger partial charge on any atom is -0.505 e.